The molecule has 74 valence electrons. The van der Waals surface area contributed by atoms with Gasteiger partial charge in [0.1, 0.15) is 0 Å². The third kappa shape index (κ3) is 1.87. The lowest BCUT2D eigenvalue weighted by Gasteiger charge is -2.00. The smallest absolute Gasteiger partial charge is 0.282 e. The van der Waals surface area contributed by atoms with Crippen molar-refractivity contribution in [2.45, 2.75) is 13.3 Å². The molecule has 0 aromatic heterocycles. The van der Waals surface area contributed by atoms with Crippen molar-refractivity contribution in [1.82, 2.24) is 0 Å². The molecule has 14 heavy (non-hydrogen) atoms. The first-order valence-corrected chi connectivity index (χ1v) is 4.13. The third-order valence-electron chi connectivity index (χ3n) is 1.84. The molecule has 0 saturated heterocycles. The fourth-order valence-corrected chi connectivity index (χ4v) is 1.13. The van der Waals surface area contributed by atoms with E-state index in [9.17, 15) is 14.9 Å². The van der Waals surface area contributed by atoms with Crippen LogP contribution in [-0.4, -0.2) is 10.7 Å². The first-order valence-electron chi connectivity index (χ1n) is 4.13. The molecule has 0 bridgehead atoms. The van der Waals surface area contributed by atoms with E-state index in [4.69, 9.17) is 5.73 Å². The first-order chi connectivity index (χ1) is 6.56. The van der Waals surface area contributed by atoms with Crippen LogP contribution in [0.3, 0.4) is 0 Å². The third-order valence-corrected chi connectivity index (χ3v) is 1.84. The topological polar surface area (TPSA) is 86.2 Å². The number of ketones is 1. The van der Waals surface area contributed by atoms with Crippen LogP contribution in [0.1, 0.15) is 23.7 Å². The molecule has 0 heterocycles. The molecule has 0 aliphatic rings. The summed E-state index contributed by atoms with van der Waals surface area (Å²) in [6, 6.07) is 4.07. The summed E-state index contributed by atoms with van der Waals surface area (Å²) < 4.78 is 0. The van der Waals surface area contributed by atoms with E-state index in [0.717, 1.165) is 0 Å². The number of benzene rings is 1. The Morgan fingerprint density at radius 2 is 2.21 bits per heavy atom. The second kappa shape index (κ2) is 3.87. The van der Waals surface area contributed by atoms with Crippen LogP contribution in [0.15, 0.2) is 18.2 Å². The number of nitro groups is 1. The van der Waals surface area contributed by atoms with Gasteiger partial charge >= 0.3 is 0 Å². The highest BCUT2D eigenvalue weighted by Gasteiger charge is 2.18. The van der Waals surface area contributed by atoms with Crippen LogP contribution in [0.4, 0.5) is 11.4 Å². The lowest BCUT2D eigenvalue weighted by atomic mass is 10.1. The minimum atomic E-state index is -0.598. The Morgan fingerprint density at radius 3 is 2.71 bits per heavy atom. The highest BCUT2D eigenvalue weighted by molar-refractivity contribution is 6.00. The molecule has 0 unspecified atom stereocenters. The lowest BCUT2D eigenvalue weighted by Crippen LogP contribution is -2.03. The Kier molecular flexibility index (Phi) is 2.81. The van der Waals surface area contributed by atoms with E-state index >= 15 is 0 Å². The predicted molar refractivity (Wildman–Crippen MR) is 52.1 cm³/mol. The molecule has 0 saturated carbocycles. The van der Waals surface area contributed by atoms with Gasteiger partial charge < -0.3 is 5.73 Å². The Hall–Kier alpha value is -1.91. The van der Waals surface area contributed by atoms with Crippen LogP contribution < -0.4 is 5.73 Å². The molecule has 5 nitrogen and oxygen atoms in total. The zero-order valence-corrected chi connectivity index (χ0v) is 7.69. The van der Waals surface area contributed by atoms with Crippen molar-refractivity contribution in [2.75, 3.05) is 5.73 Å². The van der Waals surface area contributed by atoms with Gasteiger partial charge in [0.05, 0.1) is 10.5 Å². The minimum Gasteiger partial charge on any atom is -0.399 e. The average molecular weight is 194 g/mol. The molecule has 0 spiro atoms. The molecule has 1 aromatic carbocycles. The fraction of sp³-hybridized carbons (Fsp3) is 0.222. The molecule has 0 aliphatic carbocycles. The maximum absolute atomic E-state index is 11.3. The van der Waals surface area contributed by atoms with Crippen LogP contribution in [0.2, 0.25) is 0 Å². The van der Waals surface area contributed by atoms with Crippen LogP contribution in [-0.2, 0) is 0 Å². The number of anilines is 1. The van der Waals surface area contributed by atoms with E-state index in [1.165, 1.54) is 18.2 Å². The summed E-state index contributed by atoms with van der Waals surface area (Å²) in [4.78, 5) is 21.3. The number of Topliss-reactive ketones (excluding diaryl/α,β-unsaturated/α-hetero) is 1. The Morgan fingerprint density at radius 1 is 1.57 bits per heavy atom. The monoisotopic (exact) mass is 194 g/mol. The van der Waals surface area contributed by atoms with Gasteiger partial charge in [-0.15, -0.1) is 0 Å². The molecule has 0 aliphatic heterocycles. The van der Waals surface area contributed by atoms with Gasteiger partial charge in [-0.2, -0.15) is 0 Å². The number of carbonyl (C=O) groups excluding carboxylic acids is 1. The maximum Gasteiger partial charge on any atom is 0.282 e. The molecule has 0 fully saturated rings. The molecular weight excluding hydrogens is 184 g/mol. The number of rotatable bonds is 3. The SMILES string of the molecule is CCC(=O)c1ccc(N)cc1[N+](=O)[O-]. The summed E-state index contributed by atoms with van der Waals surface area (Å²) in [5.74, 6) is -0.253. The zero-order valence-electron chi connectivity index (χ0n) is 7.69. The van der Waals surface area contributed by atoms with Crippen molar-refractivity contribution >= 4 is 17.2 Å². The summed E-state index contributed by atoms with van der Waals surface area (Å²) in [6.07, 6.45) is 0.241. The van der Waals surface area contributed by atoms with E-state index in [0.29, 0.717) is 0 Å². The van der Waals surface area contributed by atoms with Crippen LogP contribution >= 0.6 is 0 Å². The van der Waals surface area contributed by atoms with E-state index in [2.05, 4.69) is 0 Å². The van der Waals surface area contributed by atoms with E-state index in [1.807, 2.05) is 0 Å². The molecule has 1 aromatic rings. The molecule has 0 atom stereocenters. The standard InChI is InChI=1S/C9H10N2O3/c1-2-9(12)7-4-3-6(10)5-8(7)11(13)14/h3-5H,2,10H2,1H3. The van der Waals surface area contributed by atoms with Crippen molar-refractivity contribution < 1.29 is 9.72 Å². The zero-order chi connectivity index (χ0) is 10.7. The average Bonchev–Trinajstić information content (AvgIpc) is 2.16. The number of hydrogen-bond acceptors (Lipinski definition) is 4. The van der Waals surface area contributed by atoms with Crippen molar-refractivity contribution in [2.24, 2.45) is 0 Å². The predicted octanol–water partition coefficient (Wildman–Crippen LogP) is 1.77. The fourth-order valence-electron chi connectivity index (χ4n) is 1.13. The van der Waals surface area contributed by atoms with Crippen LogP contribution in [0.25, 0.3) is 0 Å². The van der Waals surface area contributed by atoms with E-state index in [-0.39, 0.29) is 29.1 Å². The Balaban J connectivity index is 3.28. The first kappa shape index (κ1) is 10.2. The number of hydrogen-bond donors (Lipinski definition) is 1. The molecular formula is C9H10N2O3. The van der Waals surface area contributed by atoms with Crippen LogP contribution in [0.5, 0.6) is 0 Å². The molecule has 2 N–H and O–H groups in total. The van der Waals surface area contributed by atoms with Crippen molar-refractivity contribution in [3.63, 3.8) is 0 Å². The summed E-state index contributed by atoms with van der Waals surface area (Å²) in [7, 11) is 0. The van der Waals surface area contributed by atoms with Gasteiger partial charge in [-0.05, 0) is 12.1 Å². The number of carbonyl (C=O) groups is 1. The summed E-state index contributed by atoms with van der Waals surface area (Å²) in [5.41, 5.74) is 5.57. The van der Waals surface area contributed by atoms with E-state index in [1.54, 1.807) is 6.92 Å². The van der Waals surface area contributed by atoms with Crippen molar-refractivity contribution in [3.05, 3.63) is 33.9 Å². The van der Waals surface area contributed by atoms with Gasteiger partial charge in [0, 0.05) is 18.2 Å². The molecule has 5 heteroatoms. The number of nitrogen functional groups attached to an aromatic ring is 1. The quantitative estimate of drug-likeness (QED) is 0.344. The maximum atomic E-state index is 11.3. The second-order valence-electron chi connectivity index (χ2n) is 2.81. The Labute approximate surface area is 80.7 Å². The van der Waals surface area contributed by atoms with Gasteiger partial charge in [-0.25, -0.2) is 0 Å². The largest absolute Gasteiger partial charge is 0.399 e. The van der Waals surface area contributed by atoms with Gasteiger partial charge in [-0.1, -0.05) is 6.92 Å². The molecule has 0 amide bonds. The van der Waals surface area contributed by atoms with Gasteiger partial charge in [0.15, 0.2) is 5.78 Å². The highest BCUT2D eigenvalue weighted by atomic mass is 16.6. The van der Waals surface area contributed by atoms with Gasteiger partial charge in [0.2, 0.25) is 0 Å². The van der Waals surface area contributed by atoms with Crippen molar-refractivity contribution in [1.29, 1.82) is 0 Å². The van der Waals surface area contributed by atoms with E-state index < -0.39 is 4.92 Å². The normalized spacial score (nSPS) is 9.79. The van der Waals surface area contributed by atoms with Crippen molar-refractivity contribution in [3.8, 4) is 0 Å². The second-order valence-corrected chi connectivity index (χ2v) is 2.81. The number of nitro benzene ring substituents is 1. The number of nitrogens with zero attached hydrogens (tertiary/aromatic N) is 1. The summed E-state index contributed by atoms with van der Waals surface area (Å²) in [6.45, 7) is 1.66. The van der Waals surface area contributed by atoms with Gasteiger partial charge in [0.25, 0.3) is 5.69 Å². The van der Waals surface area contributed by atoms with Gasteiger partial charge in [-0.3, -0.25) is 14.9 Å². The Bertz CT molecular complexity index is 388. The molecule has 0 radical (unpaired) electrons. The highest BCUT2D eigenvalue weighted by Crippen LogP contribution is 2.22. The minimum absolute atomic E-state index is 0.117. The molecule has 1 rings (SSSR count). The lowest BCUT2D eigenvalue weighted by molar-refractivity contribution is -0.385. The number of nitrogens with two attached hydrogens (primary N) is 1. The summed E-state index contributed by atoms with van der Waals surface area (Å²) >= 11 is 0. The summed E-state index contributed by atoms with van der Waals surface area (Å²) in [5, 5.41) is 10.6. The van der Waals surface area contributed by atoms with Crippen LogP contribution in [0, 0.1) is 10.1 Å².